The van der Waals surface area contributed by atoms with Crippen molar-refractivity contribution in [1.29, 1.82) is 0 Å². The van der Waals surface area contributed by atoms with Crippen LogP contribution in [0.2, 0.25) is 0 Å². The molecule has 1 heterocycles. The standard InChI is InChI=1S/C16H20N2O2S/c1-19-15-8-13(17)14(9-16(15)20-2)18(11-5-6-11)10-12-4-3-7-21-12/h3-4,7-9,11H,5-6,10,17H2,1-2H3. The maximum absolute atomic E-state index is 6.24. The molecule has 3 rings (SSSR count). The Morgan fingerprint density at radius 3 is 2.52 bits per heavy atom. The van der Waals surface area contributed by atoms with Crippen LogP contribution in [0.4, 0.5) is 11.4 Å². The van der Waals surface area contributed by atoms with Gasteiger partial charge < -0.3 is 20.1 Å². The Morgan fingerprint density at radius 1 is 1.24 bits per heavy atom. The molecule has 0 radical (unpaired) electrons. The zero-order chi connectivity index (χ0) is 14.8. The molecule has 0 aliphatic heterocycles. The lowest BCUT2D eigenvalue weighted by Gasteiger charge is -2.26. The van der Waals surface area contributed by atoms with E-state index in [0.717, 1.165) is 23.7 Å². The van der Waals surface area contributed by atoms with Gasteiger partial charge in [-0.3, -0.25) is 0 Å². The van der Waals surface area contributed by atoms with E-state index >= 15 is 0 Å². The van der Waals surface area contributed by atoms with Crippen LogP contribution in [-0.2, 0) is 6.54 Å². The van der Waals surface area contributed by atoms with Crippen molar-refractivity contribution >= 4 is 22.7 Å². The van der Waals surface area contributed by atoms with E-state index in [1.165, 1.54) is 17.7 Å². The summed E-state index contributed by atoms with van der Waals surface area (Å²) in [7, 11) is 3.28. The molecule has 5 heteroatoms. The summed E-state index contributed by atoms with van der Waals surface area (Å²) in [5, 5.41) is 2.11. The van der Waals surface area contributed by atoms with Gasteiger partial charge in [-0.05, 0) is 24.3 Å². The average molecular weight is 304 g/mol. The third-order valence-electron chi connectivity index (χ3n) is 3.74. The smallest absolute Gasteiger partial charge is 0.162 e. The van der Waals surface area contributed by atoms with E-state index in [1.54, 1.807) is 25.6 Å². The zero-order valence-electron chi connectivity index (χ0n) is 12.3. The molecular weight excluding hydrogens is 284 g/mol. The number of hydrogen-bond acceptors (Lipinski definition) is 5. The van der Waals surface area contributed by atoms with E-state index in [0.29, 0.717) is 11.8 Å². The molecule has 0 saturated heterocycles. The van der Waals surface area contributed by atoms with Crippen LogP contribution in [0.15, 0.2) is 29.6 Å². The quantitative estimate of drug-likeness (QED) is 0.830. The molecular formula is C16H20N2O2S. The summed E-state index contributed by atoms with van der Waals surface area (Å²) in [5.41, 5.74) is 8.01. The van der Waals surface area contributed by atoms with Crippen LogP contribution in [0.25, 0.3) is 0 Å². The van der Waals surface area contributed by atoms with Crippen molar-refractivity contribution in [2.75, 3.05) is 24.9 Å². The van der Waals surface area contributed by atoms with Gasteiger partial charge in [-0.2, -0.15) is 0 Å². The number of nitrogen functional groups attached to an aromatic ring is 1. The van der Waals surface area contributed by atoms with Crippen LogP contribution in [0, 0.1) is 0 Å². The molecule has 0 spiro atoms. The molecule has 4 nitrogen and oxygen atoms in total. The Kier molecular flexibility index (Phi) is 3.92. The molecule has 0 unspecified atom stereocenters. The minimum Gasteiger partial charge on any atom is -0.493 e. The summed E-state index contributed by atoms with van der Waals surface area (Å²) in [6, 6.07) is 8.66. The topological polar surface area (TPSA) is 47.7 Å². The monoisotopic (exact) mass is 304 g/mol. The first kappa shape index (κ1) is 14.1. The highest BCUT2D eigenvalue weighted by atomic mass is 32.1. The highest BCUT2D eigenvalue weighted by molar-refractivity contribution is 7.09. The number of anilines is 2. The van der Waals surface area contributed by atoms with Crippen LogP contribution in [-0.4, -0.2) is 20.3 Å². The minimum atomic E-state index is 0.576. The third kappa shape index (κ3) is 2.93. The Balaban J connectivity index is 1.95. The van der Waals surface area contributed by atoms with Gasteiger partial charge in [-0.25, -0.2) is 0 Å². The molecule has 1 aliphatic carbocycles. The van der Waals surface area contributed by atoms with Gasteiger partial charge in [0.1, 0.15) is 0 Å². The molecule has 0 amide bonds. The van der Waals surface area contributed by atoms with Gasteiger partial charge >= 0.3 is 0 Å². The van der Waals surface area contributed by atoms with Crippen molar-refractivity contribution < 1.29 is 9.47 Å². The molecule has 0 bridgehead atoms. The van der Waals surface area contributed by atoms with E-state index in [1.807, 2.05) is 12.1 Å². The van der Waals surface area contributed by atoms with Gasteiger partial charge in [0.2, 0.25) is 0 Å². The summed E-state index contributed by atoms with van der Waals surface area (Å²) >= 11 is 1.78. The molecule has 1 aromatic heterocycles. The normalized spacial score (nSPS) is 14.0. The Morgan fingerprint density at radius 2 is 1.95 bits per heavy atom. The van der Waals surface area contributed by atoms with Gasteiger partial charge in [-0.1, -0.05) is 6.07 Å². The first-order chi connectivity index (χ1) is 10.2. The summed E-state index contributed by atoms with van der Waals surface area (Å²) in [6.07, 6.45) is 2.44. The highest BCUT2D eigenvalue weighted by Gasteiger charge is 2.31. The van der Waals surface area contributed by atoms with Crippen molar-refractivity contribution in [2.24, 2.45) is 0 Å². The Hall–Kier alpha value is -1.88. The van der Waals surface area contributed by atoms with Gasteiger partial charge in [0.05, 0.1) is 32.1 Å². The van der Waals surface area contributed by atoms with Crippen LogP contribution >= 0.6 is 11.3 Å². The molecule has 2 N–H and O–H groups in total. The lowest BCUT2D eigenvalue weighted by molar-refractivity contribution is 0.355. The van der Waals surface area contributed by atoms with Gasteiger partial charge in [0.25, 0.3) is 0 Å². The summed E-state index contributed by atoms with van der Waals surface area (Å²) in [6.45, 7) is 0.891. The number of benzene rings is 1. The summed E-state index contributed by atoms with van der Waals surface area (Å²) < 4.78 is 10.7. The van der Waals surface area contributed by atoms with Crippen LogP contribution < -0.4 is 20.1 Å². The number of nitrogens with two attached hydrogens (primary N) is 1. The number of ether oxygens (including phenoxy) is 2. The molecule has 1 aromatic carbocycles. The first-order valence-corrected chi connectivity index (χ1v) is 7.91. The second-order valence-electron chi connectivity index (χ2n) is 5.20. The molecule has 112 valence electrons. The second-order valence-corrected chi connectivity index (χ2v) is 6.24. The fourth-order valence-corrected chi connectivity index (χ4v) is 3.20. The number of thiophene rings is 1. The predicted octanol–water partition coefficient (Wildman–Crippen LogP) is 3.52. The lowest BCUT2D eigenvalue weighted by atomic mass is 10.2. The van der Waals surface area contributed by atoms with Gasteiger partial charge in [-0.15, -0.1) is 11.3 Å². The Bertz CT molecular complexity index is 609. The predicted molar refractivity (Wildman–Crippen MR) is 87.5 cm³/mol. The van der Waals surface area contributed by atoms with Crippen LogP contribution in [0.3, 0.4) is 0 Å². The number of hydrogen-bond donors (Lipinski definition) is 1. The summed E-state index contributed by atoms with van der Waals surface area (Å²) in [4.78, 5) is 3.72. The average Bonchev–Trinajstić information content (AvgIpc) is 3.21. The van der Waals surface area contributed by atoms with Crippen LogP contribution in [0.1, 0.15) is 17.7 Å². The lowest BCUT2D eigenvalue weighted by Crippen LogP contribution is -2.25. The van der Waals surface area contributed by atoms with Crippen molar-refractivity contribution in [2.45, 2.75) is 25.4 Å². The fraction of sp³-hybridized carbons (Fsp3) is 0.375. The maximum atomic E-state index is 6.24. The van der Waals surface area contributed by atoms with Crippen molar-refractivity contribution in [1.82, 2.24) is 0 Å². The van der Waals surface area contributed by atoms with Gasteiger partial charge in [0.15, 0.2) is 11.5 Å². The van der Waals surface area contributed by atoms with E-state index in [4.69, 9.17) is 15.2 Å². The molecule has 1 aliphatic rings. The maximum Gasteiger partial charge on any atom is 0.162 e. The number of rotatable bonds is 6. The van der Waals surface area contributed by atoms with Crippen molar-refractivity contribution in [3.63, 3.8) is 0 Å². The first-order valence-electron chi connectivity index (χ1n) is 7.03. The molecule has 0 atom stereocenters. The molecule has 1 saturated carbocycles. The van der Waals surface area contributed by atoms with E-state index in [9.17, 15) is 0 Å². The second kappa shape index (κ2) is 5.85. The molecule has 1 fully saturated rings. The fourth-order valence-electron chi connectivity index (χ4n) is 2.50. The molecule has 21 heavy (non-hydrogen) atoms. The van der Waals surface area contributed by atoms with Crippen LogP contribution in [0.5, 0.6) is 11.5 Å². The number of nitrogens with zero attached hydrogens (tertiary/aromatic N) is 1. The number of methoxy groups -OCH3 is 2. The van der Waals surface area contributed by atoms with E-state index < -0.39 is 0 Å². The minimum absolute atomic E-state index is 0.576. The Labute approximate surface area is 129 Å². The van der Waals surface area contributed by atoms with Crippen molar-refractivity contribution in [3.05, 3.63) is 34.5 Å². The highest BCUT2D eigenvalue weighted by Crippen LogP contribution is 2.41. The third-order valence-corrected chi connectivity index (χ3v) is 4.60. The van der Waals surface area contributed by atoms with E-state index in [2.05, 4.69) is 22.4 Å². The zero-order valence-corrected chi connectivity index (χ0v) is 13.2. The molecule has 2 aromatic rings. The summed E-state index contributed by atoms with van der Waals surface area (Å²) in [5.74, 6) is 1.39. The van der Waals surface area contributed by atoms with Crippen molar-refractivity contribution in [3.8, 4) is 11.5 Å². The SMILES string of the molecule is COc1cc(N)c(N(Cc2cccs2)C2CC2)cc1OC. The van der Waals surface area contributed by atoms with Gasteiger partial charge in [0, 0.05) is 23.1 Å². The van der Waals surface area contributed by atoms with E-state index in [-0.39, 0.29) is 0 Å². The largest absolute Gasteiger partial charge is 0.493 e.